The maximum absolute atomic E-state index is 13.4. The fourth-order valence-corrected chi connectivity index (χ4v) is 7.01. The first-order valence-electron chi connectivity index (χ1n) is 12.8. The lowest BCUT2D eigenvalue weighted by atomic mass is 9.86. The summed E-state index contributed by atoms with van der Waals surface area (Å²) >= 11 is 0. The van der Waals surface area contributed by atoms with Crippen molar-refractivity contribution in [2.45, 2.75) is 56.0 Å². The highest BCUT2D eigenvalue weighted by molar-refractivity contribution is 7.90. The molecular weight excluding hydrogens is 506 g/mol. The van der Waals surface area contributed by atoms with Gasteiger partial charge in [0.25, 0.3) is 0 Å². The third-order valence-electron chi connectivity index (χ3n) is 7.37. The molecule has 2 aromatic carbocycles. The number of sulfonamides is 1. The molecule has 4 N–H and O–H groups in total. The van der Waals surface area contributed by atoms with E-state index in [4.69, 9.17) is 10.5 Å². The lowest BCUT2D eigenvalue weighted by Crippen LogP contribution is -2.56. The zero-order valence-electron chi connectivity index (χ0n) is 21.1. The zero-order chi connectivity index (χ0) is 27.2. The Bertz CT molecular complexity index is 1280. The summed E-state index contributed by atoms with van der Waals surface area (Å²) in [5.74, 6) is -0.757. The van der Waals surface area contributed by atoms with Crippen LogP contribution in [0.3, 0.4) is 0 Å². The normalized spacial score (nSPS) is 18.4. The van der Waals surface area contributed by atoms with Crippen molar-refractivity contribution in [2.75, 3.05) is 18.4 Å². The van der Waals surface area contributed by atoms with E-state index in [0.29, 0.717) is 44.3 Å². The van der Waals surface area contributed by atoms with Gasteiger partial charge in [0.1, 0.15) is 12.6 Å². The molecule has 4 rings (SSSR count). The predicted molar refractivity (Wildman–Crippen MR) is 142 cm³/mol. The molecular formula is C27H33N5O5S. The number of ether oxygens (including phenoxy) is 1. The van der Waals surface area contributed by atoms with Crippen LogP contribution in [-0.4, -0.2) is 48.6 Å². The van der Waals surface area contributed by atoms with Crippen molar-refractivity contribution in [1.29, 1.82) is 5.26 Å². The molecule has 1 aliphatic carbocycles. The van der Waals surface area contributed by atoms with Crippen molar-refractivity contribution in [3.8, 4) is 6.07 Å². The van der Waals surface area contributed by atoms with Crippen molar-refractivity contribution in [1.82, 2.24) is 9.62 Å². The van der Waals surface area contributed by atoms with Gasteiger partial charge < -0.3 is 21.1 Å². The number of piperidine rings is 1. The van der Waals surface area contributed by atoms with Crippen LogP contribution < -0.4 is 16.4 Å². The van der Waals surface area contributed by atoms with Gasteiger partial charge in [0.15, 0.2) is 4.75 Å². The van der Waals surface area contributed by atoms with Crippen LogP contribution in [0.5, 0.6) is 0 Å². The van der Waals surface area contributed by atoms with Crippen LogP contribution in [0.4, 0.5) is 10.5 Å². The van der Waals surface area contributed by atoms with Crippen LogP contribution >= 0.6 is 0 Å². The van der Waals surface area contributed by atoms with Crippen LogP contribution in [0.1, 0.15) is 43.2 Å². The van der Waals surface area contributed by atoms with Crippen LogP contribution in [-0.2, 0) is 32.7 Å². The van der Waals surface area contributed by atoms with Crippen LogP contribution in [0.15, 0.2) is 54.6 Å². The van der Waals surface area contributed by atoms with E-state index in [2.05, 4.69) is 10.6 Å². The summed E-state index contributed by atoms with van der Waals surface area (Å²) < 4.78 is 31.7. The summed E-state index contributed by atoms with van der Waals surface area (Å²) in [6.07, 6.45) is 1.35. The molecule has 0 aromatic heterocycles. The number of rotatable bonds is 9. The lowest BCUT2D eigenvalue weighted by Gasteiger charge is -2.41. The number of benzene rings is 2. The molecule has 2 amide bonds. The average Bonchev–Trinajstić information content (AvgIpc) is 2.91. The van der Waals surface area contributed by atoms with E-state index < -0.39 is 32.8 Å². The summed E-state index contributed by atoms with van der Waals surface area (Å²) in [6.45, 7) is 0.702. The number of anilines is 1. The lowest BCUT2D eigenvalue weighted by molar-refractivity contribution is -0.119. The monoisotopic (exact) mass is 539 g/mol. The number of carbonyl (C=O) groups is 2. The average molecular weight is 540 g/mol. The third kappa shape index (κ3) is 5.99. The maximum Gasteiger partial charge on any atom is 0.408 e. The third-order valence-corrected chi connectivity index (χ3v) is 9.90. The van der Waals surface area contributed by atoms with Gasteiger partial charge in [-0.25, -0.2) is 17.5 Å². The van der Waals surface area contributed by atoms with Gasteiger partial charge in [-0.2, -0.15) is 5.26 Å². The van der Waals surface area contributed by atoms with Crippen molar-refractivity contribution in [3.05, 3.63) is 65.7 Å². The van der Waals surface area contributed by atoms with Gasteiger partial charge in [-0.05, 0) is 61.3 Å². The molecule has 10 nitrogen and oxygen atoms in total. The summed E-state index contributed by atoms with van der Waals surface area (Å²) in [7, 11) is -3.78. The Morgan fingerprint density at radius 2 is 1.79 bits per heavy atom. The van der Waals surface area contributed by atoms with Gasteiger partial charge in [-0.15, -0.1) is 0 Å². The number of hydrogen-bond acceptors (Lipinski definition) is 7. The summed E-state index contributed by atoms with van der Waals surface area (Å²) in [5.41, 5.74) is 7.91. The summed E-state index contributed by atoms with van der Waals surface area (Å²) in [6, 6.07) is 17.4. The van der Waals surface area contributed by atoms with E-state index in [9.17, 15) is 23.3 Å². The number of amides is 2. The molecule has 11 heteroatoms. The number of nitrogens with one attached hydrogen (secondary N) is 2. The van der Waals surface area contributed by atoms with Crippen molar-refractivity contribution >= 4 is 27.7 Å². The molecule has 1 aliphatic heterocycles. The van der Waals surface area contributed by atoms with E-state index in [1.165, 1.54) is 4.31 Å². The minimum atomic E-state index is -3.78. The highest BCUT2D eigenvalue weighted by atomic mass is 32.2. The first-order valence-corrected chi connectivity index (χ1v) is 14.2. The van der Waals surface area contributed by atoms with Crippen LogP contribution in [0.2, 0.25) is 0 Å². The Labute approximate surface area is 223 Å². The van der Waals surface area contributed by atoms with Gasteiger partial charge in [0, 0.05) is 25.3 Å². The van der Waals surface area contributed by atoms with Crippen LogP contribution in [0.25, 0.3) is 0 Å². The molecule has 2 aliphatic rings. The quantitative estimate of drug-likeness (QED) is 0.443. The molecule has 1 heterocycles. The first-order chi connectivity index (χ1) is 18.3. The van der Waals surface area contributed by atoms with E-state index in [-0.39, 0.29) is 25.6 Å². The molecule has 1 atom stereocenters. The van der Waals surface area contributed by atoms with E-state index in [1.807, 2.05) is 42.5 Å². The first kappa shape index (κ1) is 27.6. The van der Waals surface area contributed by atoms with Gasteiger partial charge in [0.05, 0.1) is 6.07 Å². The minimum absolute atomic E-state index is 0.0481. The molecule has 0 unspecified atom stereocenters. The second-order valence-corrected chi connectivity index (χ2v) is 12.0. The fourth-order valence-electron chi connectivity index (χ4n) is 4.91. The molecule has 1 saturated carbocycles. The number of nitrogens with two attached hydrogens (primary N) is 1. The minimum Gasteiger partial charge on any atom is -0.445 e. The number of alkyl carbamates (subject to hydrolysis) is 1. The standard InChI is InChI=1S/C27H33N5O5S/c28-17-21-8-4-9-23(16-21)30-25(33)24(31-26(34)37-18-20-6-2-1-3-7-20)22-10-14-32(15-11-22)38(35,36)27(19-29)12-5-13-27/h1-4,6-9,16,22,24H,5,10-15,17-18,28H2,(H,30,33)(H,31,34)/t24-/m0/s1. The number of nitriles is 1. The number of hydrogen-bond donors (Lipinski definition) is 3. The number of carbonyl (C=O) groups excluding carboxylic acids is 2. The Morgan fingerprint density at radius 3 is 2.39 bits per heavy atom. The van der Waals surface area contributed by atoms with E-state index in [0.717, 1.165) is 11.1 Å². The Morgan fingerprint density at radius 1 is 1.11 bits per heavy atom. The van der Waals surface area contributed by atoms with E-state index >= 15 is 0 Å². The van der Waals surface area contributed by atoms with Crippen LogP contribution in [0, 0.1) is 17.2 Å². The molecule has 0 radical (unpaired) electrons. The highest BCUT2D eigenvalue weighted by Crippen LogP contribution is 2.41. The fraction of sp³-hybridized carbons (Fsp3) is 0.444. The maximum atomic E-state index is 13.4. The molecule has 202 valence electrons. The molecule has 0 spiro atoms. The SMILES string of the molecule is N#CC1(S(=O)(=O)N2CCC([C@H](NC(=O)OCc3ccccc3)C(=O)Nc3cccc(CN)c3)CC2)CCC1. The molecule has 1 saturated heterocycles. The van der Waals surface area contributed by atoms with Gasteiger partial charge in [-0.3, -0.25) is 4.79 Å². The second kappa shape index (κ2) is 11.9. The Hall–Kier alpha value is -3.46. The van der Waals surface area contributed by atoms with Crippen molar-refractivity contribution < 1.29 is 22.7 Å². The number of nitrogens with zero attached hydrogens (tertiary/aromatic N) is 2. The largest absolute Gasteiger partial charge is 0.445 e. The molecule has 38 heavy (non-hydrogen) atoms. The Balaban J connectivity index is 1.45. The smallest absolute Gasteiger partial charge is 0.408 e. The molecule has 2 aromatic rings. The van der Waals surface area contributed by atoms with Gasteiger partial charge in [-0.1, -0.05) is 42.5 Å². The van der Waals surface area contributed by atoms with E-state index in [1.54, 1.807) is 18.2 Å². The predicted octanol–water partition coefficient (Wildman–Crippen LogP) is 2.87. The molecule has 0 bridgehead atoms. The Kier molecular flexibility index (Phi) is 8.66. The second-order valence-electron chi connectivity index (χ2n) is 9.78. The van der Waals surface area contributed by atoms with Gasteiger partial charge in [0.2, 0.25) is 15.9 Å². The summed E-state index contributed by atoms with van der Waals surface area (Å²) in [5, 5.41) is 15.1. The zero-order valence-corrected chi connectivity index (χ0v) is 22.0. The topological polar surface area (TPSA) is 155 Å². The summed E-state index contributed by atoms with van der Waals surface area (Å²) in [4.78, 5) is 26.1. The van der Waals surface area contributed by atoms with Gasteiger partial charge >= 0.3 is 6.09 Å². The van der Waals surface area contributed by atoms with Crippen molar-refractivity contribution in [3.63, 3.8) is 0 Å². The highest BCUT2D eigenvalue weighted by Gasteiger charge is 2.53. The molecule has 2 fully saturated rings. The van der Waals surface area contributed by atoms with Crippen molar-refractivity contribution in [2.24, 2.45) is 11.7 Å².